The zero-order chi connectivity index (χ0) is 12.0. The van der Waals surface area contributed by atoms with Crippen LogP contribution in [0.2, 0.25) is 0 Å². The van der Waals surface area contributed by atoms with Crippen molar-refractivity contribution in [3.8, 4) is 0 Å². The Bertz CT molecular complexity index is 574. The van der Waals surface area contributed by atoms with Crippen LogP contribution in [0, 0.1) is 12.8 Å². The predicted molar refractivity (Wildman–Crippen MR) is 75.1 cm³/mol. The molecule has 0 spiro atoms. The lowest BCUT2D eigenvalue weighted by Gasteiger charge is -2.17. The van der Waals surface area contributed by atoms with Crippen LogP contribution in [-0.4, -0.2) is 16.2 Å². The normalized spacial score (nSPS) is 19.6. The summed E-state index contributed by atoms with van der Waals surface area (Å²) in [6, 6.07) is 0. The third-order valence-electron chi connectivity index (χ3n) is 3.43. The molecule has 1 atom stereocenters. The van der Waals surface area contributed by atoms with E-state index in [1.165, 1.54) is 40.1 Å². The molecule has 0 bridgehead atoms. The largest absolute Gasteiger partial charge is 0.226 e. The van der Waals surface area contributed by atoms with Crippen LogP contribution in [0.5, 0.6) is 0 Å². The van der Waals surface area contributed by atoms with E-state index in [0.717, 1.165) is 11.7 Å². The second-order valence-electron chi connectivity index (χ2n) is 4.81. The van der Waals surface area contributed by atoms with Gasteiger partial charge in [0, 0.05) is 10.3 Å². The first-order chi connectivity index (χ1) is 8.19. The highest BCUT2D eigenvalue weighted by Crippen LogP contribution is 2.40. The third kappa shape index (κ3) is 1.87. The number of fused-ring (bicyclic) bond motifs is 3. The lowest BCUT2D eigenvalue weighted by atomic mass is 9.89. The predicted octanol–water partition coefficient (Wildman–Crippen LogP) is 3.85. The molecule has 2 aromatic heterocycles. The Morgan fingerprint density at radius 3 is 2.94 bits per heavy atom. The number of nitrogens with zero attached hydrogens (tertiary/aromatic N) is 2. The van der Waals surface area contributed by atoms with Gasteiger partial charge in [-0.15, -0.1) is 23.1 Å². The molecule has 0 saturated carbocycles. The van der Waals surface area contributed by atoms with Crippen LogP contribution in [0.4, 0.5) is 0 Å². The Hall–Kier alpha value is -0.610. The number of thiophene rings is 1. The first kappa shape index (κ1) is 11.5. The summed E-state index contributed by atoms with van der Waals surface area (Å²) >= 11 is 3.63. The molecule has 0 saturated heterocycles. The standard InChI is InChI=1S/C13H16N2S2/c1-7-4-5-9-10(6-7)17-13-11(9)12(16-3)14-8(2)15-13/h7H,4-6H2,1-3H3/t7-/m0/s1. The van der Waals surface area contributed by atoms with Crippen LogP contribution in [0.1, 0.15) is 29.6 Å². The van der Waals surface area contributed by atoms with Gasteiger partial charge in [-0.3, -0.25) is 0 Å². The van der Waals surface area contributed by atoms with Crippen LogP contribution in [0.3, 0.4) is 0 Å². The van der Waals surface area contributed by atoms with E-state index in [1.54, 1.807) is 16.6 Å². The molecule has 1 aliphatic carbocycles. The van der Waals surface area contributed by atoms with Gasteiger partial charge in [0.25, 0.3) is 0 Å². The van der Waals surface area contributed by atoms with E-state index >= 15 is 0 Å². The minimum Gasteiger partial charge on any atom is -0.226 e. The Labute approximate surface area is 110 Å². The maximum Gasteiger partial charge on any atom is 0.128 e. The van der Waals surface area contributed by atoms with Crippen molar-refractivity contribution in [2.24, 2.45) is 5.92 Å². The zero-order valence-electron chi connectivity index (χ0n) is 10.4. The van der Waals surface area contributed by atoms with Crippen molar-refractivity contribution in [1.29, 1.82) is 0 Å². The molecular weight excluding hydrogens is 248 g/mol. The fourth-order valence-electron chi connectivity index (χ4n) is 2.56. The van der Waals surface area contributed by atoms with Gasteiger partial charge in [-0.2, -0.15) is 0 Å². The molecule has 0 aromatic carbocycles. The molecule has 17 heavy (non-hydrogen) atoms. The summed E-state index contributed by atoms with van der Waals surface area (Å²) in [5, 5.41) is 2.51. The van der Waals surface area contributed by atoms with Crippen molar-refractivity contribution in [3.63, 3.8) is 0 Å². The van der Waals surface area contributed by atoms with E-state index in [-0.39, 0.29) is 0 Å². The van der Waals surface area contributed by atoms with Crippen molar-refractivity contribution in [1.82, 2.24) is 9.97 Å². The molecule has 2 aromatic rings. The maximum atomic E-state index is 4.61. The Morgan fingerprint density at radius 1 is 1.35 bits per heavy atom. The first-order valence-electron chi connectivity index (χ1n) is 6.02. The smallest absolute Gasteiger partial charge is 0.128 e. The van der Waals surface area contributed by atoms with E-state index in [9.17, 15) is 0 Å². The highest BCUT2D eigenvalue weighted by molar-refractivity contribution is 7.98. The van der Waals surface area contributed by atoms with Gasteiger partial charge in [0.05, 0.1) is 0 Å². The summed E-state index contributed by atoms with van der Waals surface area (Å²) in [7, 11) is 0. The number of hydrogen-bond acceptors (Lipinski definition) is 4. The molecule has 0 fully saturated rings. The fourth-order valence-corrected chi connectivity index (χ4v) is 4.70. The Kier molecular flexibility index (Phi) is 2.87. The summed E-state index contributed by atoms with van der Waals surface area (Å²) in [6.07, 6.45) is 5.84. The summed E-state index contributed by atoms with van der Waals surface area (Å²) in [5.74, 6) is 1.72. The van der Waals surface area contributed by atoms with Crippen molar-refractivity contribution in [2.45, 2.75) is 38.1 Å². The summed E-state index contributed by atoms with van der Waals surface area (Å²) < 4.78 is 0. The van der Waals surface area contributed by atoms with Crippen LogP contribution < -0.4 is 0 Å². The van der Waals surface area contributed by atoms with Gasteiger partial charge in [0.1, 0.15) is 15.7 Å². The van der Waals surface area contributed by atoms with Gasteiger partial charge < -0.3 is 0 Å². The van der Waals surface area contributed by atoms with Crippen molar-refractivity contribution in [2.75, 3.05) is 6.26 Å². The van der Waals surface area contributed by atoms with Crippen LogP contribution >= 0.6 is 23.1 Å². The molecule has 0 unspecified atom stereocenters. The molecular formula is C13H16N2S2. The molecule has 2 heterocycles. The van der Waals surface area contributed by atoms with Crippen molar-refractivity contribution in [3.05, 3.63) is 16.3 Å². The van der Waals surface area contributed by atoms with E-state index < -0.39 is 0 Å². The van der Waals surface area contributed by atoms with E-state index in [1.807, 2.05) is 18.3 Å². The molecule has 1 aliphatic rings. The van der Waals surface area contributed by atoms with Gasteiger partial charge >= 0.3 is 0 Å². The zero-order valence-corrected chi connectivity index (χ0v) is 12.0. The molecule has 4 heteroatoms. The van der Waals surface area contributed by atoms with Crippen molar-refractivity contribution >= 4 is 33.3 Å². The highest BCUT2D eigenvalue weighted by atomic mass is 32.2. The molecule has 0 aliphatic heterocycles. The van der Waals surface area contributed by atoms with Gasteiger partial charge in [0.15, 0.2) is 0 Å². The quantitative estimate of drug-likeness (QED) is 0.578. The second-order valence-corrected chi connectivity index (χ2v) is 6.69. The van der Waals surface area contributed by atoms with E-state index in [0.29, 0.717) is 0 Å². The van der Waals surface area contributed by atoms with Gasteiger partial charge in [0.2, 0.25) is 0 Å². The van der Waals surface area contributed by atoms with E-state index in [4.69, 9.17) is 0 Å². The Balaban J connectivity index is 2.28. The molecule has 3 rings (SSSR count). The van der Waals surface area contributed by atoms with E-state index in [2.05, 4.69) is 23.1 Å². The number of hydrogen-bond donors (Lipinski definition) is 0. The fraction of sp³-hybridized carbons (Fsp3) is 0.538. The van der Waals surface area contributed by atoms with Crippen LogP contribution in [0.15, 0.2) is 5.03 Å². The second kappa shape index (κ2) is 4.25. The molecule has 2 nitrogen and oxygen atoms in total. The van der Waals surface area contributed by atoms with Gasteiger partial charge in [-0.1, -0.05) is 6.92 Å². The number of thioether (sulfide) groups is 1. The van der Waals surface area contributed by atoms with Crippen molar-refractivity contribution < 1.29 is 0 Å². The van der Waals surface area contributed by atoms with Crippen LogP contribution in [-0.2, 0) is 12.8 Å². The number of aryl methyl sites for hydroxylation is 2. The average molecular weight is 264 g/mol. The third-order valence-corrected chi connectivity index (χ3v) is 5.26. The SMILES string of the molecule is CSc1nc(C)nc2sc3c(c12)CC[C@H](C)C3. The number of aromatic nitrogens is 2. The summed E-state index contributed by atoms with van der Waals surface area (Å²) in [6.45, 7) is 4.33. The maximum absolute atomic E-state index is 4.61. The average Bonchev–Trinajstić information content (AvgIpc) is 2.64. The first-order valence-corrected chi connectivity index (χ1v) is 8.06. The van der Waals surface area contributed by atoms with Gasteiger partial charge in [-0.25, -0.2) is 9.97 Å². The number of rotatable bonds is 1. The lowest BCUT2D eigenvalue weighted by Crippen LogP contribution is -2.08. The summed E-state index contributed by atoms with van der Waals surface area (Å²) in [5.41, 5.74) is 1.53. The molecule has 0 amide bonds. The highest BCUT2D eigenvalue weighted by Gasteiger charge is 2.23. The minimum absolute atomic E-state index is 0.822. The topological polar surface area (TPSA) is 25.8 Å². The Morgan fingerprint density at radius 2 is 2.18 bits per heavy atom. The minimum atomic E-state index is 0.822. The van der Waals surface area contributed by atoms with Gasteiger partial charge in [-0.05, 0) is 43.9 Å². The van der Waals surface area contributed by atoms with Crippen LogP contribution in [0.25, 0.3) is 10.2 Å². The lowest BCUT2D eigenvalue weighted by molar-refractivity contribution is 0.509. The molecule has 0 N–H and O–H groups in total. The monoisotopic (exact) mass is 264 g/mol. The molecule has 90 valence electrons. The summed E-state index contributed by atoms with van der Waals surface area (Å²) in [4.78, 5) is 11.9. The molecule has 0 radical (unpaired) electrons.